The Kier molecular flexibility index (Phi) is 6.27. The molecule has 4 nitrogen and oxygen atoms in total. The minimum atomic E-state index is 0.675. The molecule has 21 heavy (non-hydrogen) atoms. The summed E-state index contributed by atoms with van der Waals surface area (Å²) in [6, 6.07) is 4.68. The second-order valence-electron chi connectivity index (χ2n) is 5.99. The maximum atomic E-state index is 6.27. The van der Waals surface area contributed by atoms with Crippen molar-refractivity contribution >= 4 is 17.4 Å². The zero-order valence-electron chi connectivity index (χ0n) is 13.4. The summed E-state index contributed by atoms with van der Waals surface area (Å²) < 4.78 is 0. The summed E-state index contributed by atoms with van der Waals surface area (Å²) >= 11 is 6.27. The summed E-state index contributed by atoms with van der Waals surface area (Å²) in [7, 11) is 4.22. The van der Waals surface area contributed by atoms with Crippen LogP contribution in [0.3, 0.4) is 0 Å². The minimum absolute atomic E-state index is 0.675. The third kappa shape index (κ3) is 5.46. The van der Waals surface area contributed by atoms with E-state index in [1.54, 1.807) is 0 Å². The molecular formula is C16H27ClN4. The second-order valence-corrected chi connectivity index (χ2v) is 6.40. The Morgan fingerprint density at radius 2 is 2.05 bits per heavy atom. The van der Waals surface area contributed by atoms with Gasteiger partial charge in [0.1, 0.15) is 5.82 Å². The summed E-state index contributed by atoms with van der Waals surface area (Å²) in [5.41, 5.74) is 0.965. The lowest BCUT2D eigenvalue weighted by molar-refractivity contribution is 0.400. The lowest BCUT2D eigenvalue weighted by Crippen LogP contribution is -2.28. The number of pyridine rings is 1. The van der Waals surface area contributed by atoms with Gasteiger partial charge in [0, 0.05) is 25.7 Å². The van der Waals surface area contributed by atoms with Gasteiger partial charge in [-0.3, -0.25) is 0 Å². The molecule has 1 N–H and O–H groups in total. The molecule has 118 valence electrons. The molecule has 1 fully saturated rings. The Morgan fingerprint density at radius 1 is 1.29 bits per heavy atom. The predicted molar refractivity (Wildman–Crippen MR) is 90.2 cm³/mol. The van der Waals surface area contributed by atoms with E-state index in [1.165, 1.54) is 12.8 Å². The number of hydrogen-bond acceptors (Lipinski definition) is 4. The Morgan fingerprint density at radius 3 is 2.67 bits per heavy atom. The van der Waals surface area contributed by atoms with Crippen molar-refractivity contribution in [3.05, 3.63) is 22.8 Å². The molecule has 0 spiro atoms. The van der Waals surface area contributed by atoms with Crippen LogP contribution in [0, 0.1) is 0 Å². The molecule has 1 aromatic heterocycles. The molecule has 0 radical (unpaired) electrons. The van der Waals surface area contributed by atoms with Gasteiger partial charge in [-0.15, -0.1) is 0 Å². The van der Waals surface area contributed by atoms with Crippen LogP contribution in [0.25, 0.3) is 0 Å². The van der Waals surface area contributed by atoms with Crippen molar-refractivity contribution in [2.45, 2.75) is 38.8 Å². The van der Waals surface area contributed by atoms with E-state index in [-0.39, 0.29) is 0 Å². The molecule has 1 aliphatic rings. The van der Waals surface area contributed by atoms with Crippen molar-refractivity contribution in [3.8, 4) is 0 Å². The SMILES string of the molecule is CCN(CCCN(C)C)c1ccc(Cl)c(CNC2CC2)n1. The maximum Gasteiger partial charge on any atom is 0.128 e. The number of halogens is 1. The Labute approximate surface area is 133 Å². The fourth-order valence-electron chi connectivity index (χ4n) is 2.31. The van der Waals surface area contributed by atoms with Gasteiger partial charge in [0.15, 0.2) is 0 Å². The lowest BCUT2D eigenvalue weighted by atomic mass is 10.3. The van der Waals surface area contributed by atoms with Crippen molar-refractivity contribution in [2.24, 2.45) is 0 Å². The molecular weight excluding hydrogens is 284 g/mol. The summed E-state index contributed by atoms with van der Waals surface area (Å²) in [5, 5.41) is 4.24. The van der Waals surface area contributed by atoms with E-state index < -0.39 is 0 Å². The van der Waals surface area contributed by atoms with E-state index in [0.29, 0.717) is 6.04 Å². The fraction of sp³-hybridized carbons (Fsp3) is 0.688. The quantitative estimate of drug-likeness (QED) is 0.760. The summed E-state index contributed by atoms with van der Waals surface area (Å²) in [6.07, 6.45) is 3.70. The van der Waals surface area contributed by atoms with Crippen molar-refractivity contribution < 1.29 is 0 Å². The van der Waals surface area contributed by atoms with Crippen LogP contribution >= 0.6 is 11.6 Å². The second kappa shape index (κ2) is 7.97. The molecule has 1 saturated carbocycles. The van der Waals surface area contributed by atoms with Crippen LogP contribution in [0.4, 0.5) is 5.82 Å². The lowest BCUT2D eigenvalue weighted by Gasteiger charge is -2.23. The number of anilines is 1. The Bertz CT molecular complexity index is 446. The van der Waals surface area contributed by atoms with Gasteiger partial charge in [-0.1, -0.05) is 11.6 Å². The highest BCUT2D eigenvalue weighted by molar-refractivity contribution is 6.31. The molecule has 5 heteroatoms. The first kappa shape index (κ1) is 16.5. The van der Waals surface area contributed by atoms with Crippen molar-refractivity contribution in [3.63, 3.8) is 0 Å². The van der Waals surface area contributed by atoms with Gasteiger partial charge in [-0.25, -0.2) is 4.98 Å². The van der Waals surface area contributed by atoms with Crippen LogP contribution in [-0.2, 0) is 6.54 Å². The molecule has 0 unspecified atom stereocenters. The van der Waals surface area contributed by atoms with Gasteiger partial charge in [0.2, 0.25) is 0 Å². The largest absolute Gasteiger partial charge is 0.357 e. The van der Waals surface area contributed by atoms with Crippen LogP contribution in [-0.4, -0.2) is 49.7 Å². The first-order valence-electron chi connectivity index (χ1n) is 7.88. The smallest absolute Gasteiger partial charge is 0.128 e. The molecule has 0 aliphatic heterocycles. The standard InChI is InChI=1S/C16H27ClN4/c1-4-21(11-5-10-20(2)3)16-9-8-14(17)15(19-16)12-18-13-6-7-13/h8-9,13,18H,4-7,10-12H2,1-3H3. The predicted octanol–water partition coefficient (Wildman–Crippen LogP) is 2.77. The first-order chi connectivity index (χ1) is 10.1. The molecule has 0 bridgehead atoms. The Balaban J connectivity index is 1.96. The third-order valence-electron chi connectivity index (χ3n) is 3.78. The number of hydrogen-bond donors (Lipinski definition) is 1. The summed E-state index contributed by atoms with van der Waals surface area (Å²) in [5.74, 6) is 1.04. The van der Waals surface area contributed by atoms with Gasteiger partial charge in [0.05, 0.1) is 10.7 Å². The molecule has 1 heterocycles. The average Bonchev–Trinajstić information content (AvgIpc) is 3.27. The van der Waals surface area contributed by atoms with Crippen LogP contribution in [0.15, 0.2) is 12.1 Å². The van der Waals surface area contributed by atoms with Crippen LogP contribution in [0.5, 0.6) is 0 Å². The number of rotatable bonds is 9. The number of nitrogens with zero attached hydrogens (tertiary/aromatic N) is 3. The van der Waals surface area contributed by atoms with Gasteiger partial charge in [-0.2, -0.15) is 0 Å². The van der Waals surface area contributed by atoms with Crippen molar-refractivity contribution in [1.29, 1.82) is 0 Å². The van der Waals surface area contributed by atoms with Crippen LogP contribution in [0.1, 0.15) is 31.9 Å². The topological polar surface area (TPSA) is 31.4 Å². The van der Waals surface area contributed by atoms with Crippen LogP contribution in [0.2, 0.25) is 5.02 Å². The molecule has 0 amide bonds. The Hall–Kier alpha value is -0.840. The van der Waals surface area contributed by atoms with Crippen LogP contribution < -0.4 is 10.2 Å². The minimum Gasteiger partial charge on any atom is -0.357 e. The van der Waals surface area contributed by atoms with Gasteiger partial charge in [0.25, 0.3) is 0 Å². The van der Waals surface area contributed by atoms with Gasteiger partial charge < -0.3 is 15.1 Å². The highest BCUT2D eigenvalue weighted by Gasteiger charge is 2.21. The molecule has 2 rings (SSSR count). The number of aromatic nitrogens is 1. The van der Waals surface area contributed by atoms with Gasteiger partial charge in [-0.05, 0) is 59.0 Å². The highest BCUT2D eigenvalue weighted by atomic mass is 35.5. The maximum absolute atomic E-state index is 6.27. The molecule has 0 aromatic carbocycles. The molecule has 1 aromatic rings. The zero-order valence-corrected chi connectivity index (χ0v) is 14.2. The molecule has 0 atom stereocenters. The van der Waals surface area contributed by atoms with E-state index in [4.69, 9.17) is 16.6 Å². The van der Waals surface area contributed by atoms with Crippen molar-refractivity contribution in [2.75, 3.05) is 38.6 Å². The summed E-state index contributed by atoms with van der Waals surface area (Å²) in [6.45, 7) is 6.04. The summed E-state index contributed by atoms with van der Waals surface area (Å²) in [4.78, 5) is 9.30. The normalized spacial score (nSPS) is 14.7. The fourth-order valence-corrected chi connectivity index (χ4v) is 2.49. The van der Waals surface area contributed by atoms with Gasteiger partial charge >= 0.3 is 0 Å². The van der Waals surface area contributed by atoms with E-state index in [9.17, 15) is 0 Å². The van der Waals surface area contributed by atoms with E-state index in [0.717, 1.165) is 49.1 Å². The molecule has 1 aliphatic carbocycles. The van der Waals surface area contributed by atoms with Crippen molar-refractivity contribution in [1.82, 2.24) is 15.2 Å². The van der Waals surface area contributed by atoms with E-state index >= 15 is 0 Å². The monoisotopic (exact) mass is 310 g/mol. The zero-order chi connectivity index (χ0) is 15.2. The average molecular weight is 311 g/mol. The molecule has 0 saturated heterocycles. The number of nitrogens with one attached hydrogen (secondary N) is 1. The van der Waals surface area contributed by atoms with E-state index in [2.05, 4.69) is 36.1 Å². The first-order valence-corrected chi connectivity index (χ1v) is 8.26. The van der Waals surface area contributed by atoms with E-state index in [1.807, 2.05) is 12.1 Å². The third-order valence-corrected chi connectivity index (χ3v) is 4.12. The highest BCUT2D eigenvalue weighted by Crippen LogP contribution is 2.22.